The molecule has 14 heavy (non-hydrogen) atoms. The fourth-order valence-corrected chi connectivity index (χ4v) is 1.72. The molecule has 4 heteroatoms. The lowest BCUT2D eigenvalue weighted by molar-refractivity contribution is -0.143. The smallest absolute Gasteiger partial charge is 0.309 e. The lowest BCUT2D eigenvalue weighted by Crippen LogP contribution is -2.17. The molecule has 2 rings (SSSR count). The first-order chi connectivity index (χ1) is 6.64. The summed E-state index contributed by atoms with van der Waals surface area (Å²) in [6.07, 6.45) is 3.59. The van der Waals surface area contributed by atoms with Crippen molar-refractivity contribution in [1.29, 1.82) is 0 Å². The predicted molar refractivity (Wildman–Crippen MR) is 52.3 cm³/mol. The Kier molecular flexibility index (Phi) is 2.19. The van der Waals surface area contributed by atoms with E-state index < -0.39 is 11.4 Å². The molecule has 1 aliphatic rings. The molecule has 0 bridgehead atoms. The van der Waals surface area contributed by atoms with Crippen LogP contribution in [-0.4, -0.2) is 16.1 Å². The maximum absolute atomic E-state index is 10.9. The van der Waals surface area contributed by atoms with Gasteiger partial charge in [-0.3, -0.25) is 4.79 Å². The molecule has 3 nitrogen and oxygen atoms in total. The van der Waals surface area contributed by atoms with E-state index in [2.05, 4.69) is 4.98 Å². The Morgan fingerprint density at radius 2 is 2.36 bits per heavy atom. The molecule has 0 amide bonds. The standard InChI is InChI=1S/C10H10ClNO2/c11-8-7(2-1-5-12-8)6-10(3-4-10)9(13)14/h1-2,5H,3-4,6H2,(H,13,14). The molecular formula is C10H10ClNO2. The third-order valence-corrected chi connectivity index (χ3v) is 3.01. The summed E-state index contributed by atoms with van der Waals surface area (Å²) in [5.74, 6) is -0.725. The average Bonchev–Trinajstić information content (AvgIpc) is 2.90. The Hall–Kier alpha value is -1.09. The number of aromatic nitrogens is 1. The summed E-state index contributed by atoms with van der Waals surface area (Å²) in [6.45, 7) is 0. The minimum Gasteiger partial charge on any atom is -0.481 e. The van der Waals surface area contributed by atoms with Gasteiger partial charge in [-0.15, -0.1) is 0 Å². The van der Waals surface area contributed by atoms with Crippen LogP contribution < -0.4 is 0 Å². The van der Waals surface area contributed by atoms with E-state index in [1.165, 1.54) is 0 Å². The lowest BCUT2D eigenvalue weighted by atomic mass is 9.98. The maximum Gasteiger partial charge on any atom is 0.309 e. The van der Waals surface area contributed by atoms with Crippen LogP contribution in [0.4, 0.5) is 0 Å². The number of carboxylic acids is 1. The highest BCUT2D eigenvalue weighted by Gasteiger charge is 2.50. The highest BCUT2D eigenvalue weighted by atomic mass is 35.5. The van der Waals surface area contributed by atoms with Gasteiger partial charge in [0.05, 0.1) is 5.41 Å². The number of aliphatic carboxylic acids is 1. The van der Waals surface area contributed by atoms with Crippen LogP contribution >= 0.6 is 11.6 Å². The lowest BCUT2D eigenvalue weighted by Gasteiger charge is -2.09. The third kappa shape index (κ3) is 1.60. The van der Waals surface area contributed by atoms with Crippen LogP contribution in [-0.2, 0) is 11.2 Å². The molecule has 0 aliphatic heterocycles. The van der Waals surface area contributed by atoms with Gasteiger partial charge in [0.15, 0.2) is 0 Å². The Labute approximate surface area is 86.7 Å². The molecule has 1 fully saturated rings. The fraction of sp³-hybridized carbons (Fsp3) is 0.400. The molecule has 1 aromatic rings. The summed E-state index contributed by atoms with van der Waals surface area (Å²) in [5.41, 5.74) is 0.265. The first-order valence-corrected chi connectivity index (χ1v) is 4.85. The normalized spacial score (nSPS) is 17.8. The van der Waals surface area contributed by atoms with Crippen LogP contribution in [0.15, 0.2) is 18.3 Å². The van der Waals surface area contributed by atoms with E-state index >= 15 is 0 Å². The zero-order chi connectivity index (χ0) is 10.2. The highest BCUT2D eigenvalue weighted by molar-refractivity contribution is 6.30. The molecule has 0 aromatic carbocycles. The number of nitrogens with zero attached hydrogens (tertiary/aromatic N) is 1. The Bertz CT molecular complexity index is 374. The first kappa shape index (κ1) is 9.46. The molecule has 0 radical (unpaired) electrons. The van der Waals surface area contributed by atoms with Crippen LogP contribution in [0.1, 0.15) is 18.4 Å². The average molecular weight is 212 g/mol. The minimum atomic E-state index is -0.725. The monoisotopic (exact) mass is 211 g/mol. The molecule has 1 N–H and O–H groups in total. The van der Waals surface area contributed by atoms with Crippen molar-refractivity contribution in [3.63, 3.8) is 0 Å². The largest absolute Gasteiger partial charge is 0.481 e. The van der Waals surface area contributed by atoms with Gasteiger partial charge >= 0.3 is 5.97 Å². The first-order valence-electron chi connectivity index (χ1n) is 4.47. The second-order valence-electron chi connectivity index (χ2n) is 3.72. The SMILES string of the molecule is O=C(O)C1(Cc2cccnc2Cl)CC1. The van der Waals surface area contributed by atoms with Crippen LogP contribution in [0.25, 0.3) is 0 Å². The summed E-state index contributed by atoms with van der Waals surface area (Å²) < 4.78 is 0. The van der Waals surface area contributed by atoms with E-state index in [1.54, 1.807) is 12.3 Å². The topological polar surface area (TPSA) is 50.2 Å². The molecule has 1 saturated carbocycles. The molecule has 74 valence electrons. The van der Waals surface area contributed by atoms with E-state index in [-0.39, 0.29) is 0 Å². The third-order valence-electron chi connectivity index (χ3n) is 2.67. The van der Waals surface area contributed by atoms with Crippen molar-refractivity contribution < 1.29 is 9.90 Å². The number of hydrogen-bond donors (Lipinski definition) is 1. The number of carboxylic acid groups (broad SMARTS) is 1. The number of pyridine rings is 1. The van der Waals surface area contributed by atoms with Crippen LogP contribution in [0.2, 0.25) is 5.15 Å². The highest BCUT2D eigenvalue weighted by Crippen LogP contribution is 2.49. The molecule has 0 spiro atoms. The van der Waals surface area contributed by atoms with Gasteiger partial charge in [-0.1, -0.05) is 17.7 Å². The summed E-state index contributed by atoms with van der Waals surface area (Å²) in [4.78, 5) is 14.9. The number of carbonyl (C=O) groups is 1. The van der Waals surface area contributed by atoms with Gasteiger partial charge in [-0.2, -0.15) is 0 Å². The molecule has 1 aliphatic carbocycles. The summed E-state index contributed by atoms with van der Waals surface area (Å²) in [6, 6.07) is 3.61. The summed E-state index contributed by atoms with van der Waals surface area (Å²) in [7, 11) is 0. The van der Waals surface area contributed by atoms with Gasteiger partial charge in [-0.05, 0) is 30.9 Å². The molecule has 1 aromatic heterocycles. The van der Waals surface area contributed by atoms with Crippen LogP contribution in [0.5, 0.6) is 0 Å². The summed E-state index contributed by atoms with van der Waals surface area (Å²) >= 11 is 5.86. The summed E-state index contributed by atoms with van der Waals surface area (Å²) in [5, 5.41) is 9.41. The quantitative estimate of drug-likeness (QED) is 0.780. The van der Waals surface area contributed by atoms with E-state index in [9.17, 15) is 4.79 Å². The second kappa shape index (κ2) is 3.24. The Balaban J connectivity index is 2.19. The molecule has 0 atom stereocenters. The second-order valence-corrected chi connectivity index (χ2v) is 4.07. The van der Waals surface area contributed by atoms with Gasteiger partial charge < -0.3 is 5.11 Å². The van der Waals surface area contributed by atoms with Crippen molar-refractivity contribution in [2.75, 3.05) is 0 Å². The van der Waals surface area contributed by atoms with Gasteiger partial charge in [0.2, 0.25) is 0 Å². The van der Waals surface area contributed by atoms with Gasteiger partial charge in [0.25, 0.3) is 0 Å². The zero-order valence-electron chi connectivity index (χ0n) is 7.53. The fourth-order valence-electron chi connectivity index (χ4n) is 1.53. The van der Waals surface area contributed by atoms with E-state index in [0.29, 0.717) is 11.6 Å². The zero-order valence-corrected chi connectivity index (χ0v) is 8.29. The van der Waals surface area contributed by atoms with Crippen molar-refractivity contribution in [3.8, 4) is 0 Å². The number of halogens is 1. The number of rotatable bonds is 3. The number of hydrogen-bond acceptors (Lipinski definition) is 2. The van der Waals surface area contributed by atoms with Crippen molar-refractivity contribution in [1.82, 2.24) is 4.98 Å². The van der Waals surface area contributed by atoms with Crippen molar-refractivity contribution in [3.05, 3.63) is 29.0 Å². The predicted octanol–water partition coefficient (Wildman–Crippen LogP) is 2.14. The molecule has 0 saturated heterocycles. The maximum atomic E-state index is 10.9. The Morgan fingerprint density at radius 3 is 2.86 bits per heavy atom. The van der Waals surface area contributed by atoms with Crippen molar-refractivity contribution in [2.24, 2.45) is 5.41 Å². The van der Waals surface area contributed by atoms with E-state index in [1.807, 2.05) is 6.07 Å². The van der Waals surface area contributed by atoms with Gasteiger partial charge in [0.1, 0.15) is 5.15 Å². The Morgan fingerprint density at radius 1 is 1.64 bits per heavy atom. The van der Waals surface area contributed by atoms with Gasteiger partial charge in [-0.25, -0.2) is 4.98 Å². The molecular weight excluding hydrogens is 202 g/mol. The van der Waals surface area contributed by atoms with E-state index in [0.717, 1.165) is 18.4 Å². The van der Waals surface area contributed by atoms with E-state index in [4.69, 9.17) is 16.7 Å². The van der Waals surface area contributed by atoms with Crippen molar-refractivity contribution >= 4 is 17.6 Å². The molecule has 1 heterocycles. The van der Waals surface area contributed by atoms with Crippen molar-refractivity contribution in [2.45, 2.75) is 19.3 Å². The van der Waals surface area contributed by atoms with Crippen LogP contribution in [0, 0.1) is 5.41 Å². The van der Waals surface area contributed by atoms with Crippen LogP contribution in [0.3, 0.4) is 0 Å². The van der Waals surface area contributed by atoms with Gasteiger partial charge in [0, 0.05) is 6.20 Å². The molecule has 0 unspecified atom stereocenters. The minimum absolute atomic E-state index is 0.417.